The Hall–Kier alpha value is -0.520. The lowest BCUT2D eigenvalue weighted by molar-refractivity contribution is 0.0318. The highest BCUT2D eigenvalue weighted by Crippen LogP contribution is 2.21. The highest BCUT2D eigenvalue weighted by atomic mass is 35.5. The minimum absolute atomic E-state index is 0. The van der Waals surface area contributed by atoms with Gasteiger partial charge in [0, 0.05) is 39.3 Å². The second-order valence-electron chi connectivity index (χ2n) is 8.02. The van der Waals surface area contributed by atoms with Gasteiger partial charge in [-0.3, -0.25) is 4.90 Å². The van der Waals surface area contributed by atoms with E-state index in [-0.39, 0.29) is 24.6 Å². The number of unbranched alkanes of at least 4 members (excludes halogenated alkanes) is 2. The Morgan fingerprint density at radius 1 is 0.926 bits per heavy atom. The van der Waals surface area contributed by atoms with Gasteiger partial charge in [0.25, 0.3) is 0 Å². The van der Waals surface area contributed by atoms with Crippen molar-refractivity contribution in [3.63, 3.8) is 0 Å². The molecule has 2 rings (SSSR count). The predicted molar refractivity (Wildman–Crippen MR) is 115 cm³/mol. The van der Waals surface area contributed by atoms with Gasteiger partial charge < -0.3 is 14.5 Å². The fraction of sp³-hybridized carbons (Fsp3) is 0.952. The molecule has 0 radical (unpaired) electrons. The van der Waals surface area contributed by atoms with Crippen molar-refractivity contribution in [2.45, 2.75) is 77.7 Å². The van der Waals surface area contributed by atoms with Gasteiger partial charge in [-0.15, -0.1) is 12.4 Å². The smallest absolute Gasteiger partial charge is 0.410 e. The summed E-state index contributed by atoms with van der Waals surface area (Å²) >= 11 is 0. The normalized spacial score (nSPS) is 19.1. The maximum Gasteiger partial charge on any atom is 0.410 e. The first-order valence-corrected chi connectivity index (χ1v) is 11.1. The zero-order valence-corrected chi connectivity index (χ0v) is 18.5. The van der Waals surface area contributed by atoms with E-state index in [1.807, 2.05) is 4.90 Å². The van der Waals surface area contributed by atoms with Crippen molar-refractivity contribution in [2.75, 3.05) is 52.4 Å². The fourth-order valence-electron chi connectivity index (χ4n) is 3.94. The summed E-state index contributed by atoms with van der Waals surface area (Å²) in [6, 6.07) is 0. The van der Waals surface area contributed by atoms with E-state index >= 15 is 0 Å². The molecule has 0 unspecified atom stereocenters. The quantitative estimate of drug-likeness (QED) is 0.541. The van der Waals surface area contributed by atoms with E-state index in [1.165, 1.54) is 58.0 Å². The Morgan fingerprint density at radius 2 is 1.52 bits per heavy atom. The Bertz CT molecular complexity index is 376. The van der Waals surface area contributed by atoms with Gasteiger partial charge in [-0.25, -0.2) is 4.79 Å². The van der Waals surface area contributed by atoms with Crippen molar-refractivity contribution in [3.8, 4) is 0 Å². The summed E-state index contributed by atoms with van der Waals surface area (Å²) in [5.74, 6) is 0. The molecule has 1 aliphatic carbocycles. The van der Waals surface area contributed by atoms with Crippen LogP contribution < -0.4 is 0 Å². The van der Waals surface area contributed by atoms with E-state index in [2.05, 4.69) is 23.6 Å². The van der Waals surface area contributed by atoms with Crippen molar-refractivity contribution in [1.82, 2.24) is 14.7 Å². The van der Waals surface area contributed by atoms with E-state index in [1.54, 1.807) is 0 Å². The van der Waals surface area contributed by atoms with Crippen LogP contribution in [0.5, 0.6) is 0 Å². The molecule has 1 saturated heterocycles. The zero-order chi connectivity index (χ0) is 18.6. The average molecular weight is 404 g/mol. The molecule has 0 bridgehead atoms. The van der Waals surface area contributed by atoms with Crippen LogP contribution in [0.3, 0.4) is 0 Å². The number of amides is 1. The van der Waals surface area contributed by atoms with Gasteiger partial charge in [-0.1, -0.05) is 33.1 Å². The van der Waals surface area contributed by atoms with Crippen LogP contribution in [0.4, 0.5) is 4.79 Å². The molecule has 1 aliphatic heterocycles. The maximum absolute atomic E-state index is 12.4. The molecule has 160 valence electrons. The average Bonchev–Trinajstić information content (AvgIpc) is 2.68. The fourth-order valence-corrected chi connectivity index (χ4v) is 3.94. The SMILES string of the molecule is CCCCN(CCCC)CCN1CCN(C(=O)OC2CCCCC2)CC1.Cl. The van der Waals surface area contributed by atoms with E-state index in [0.29, 0.717) is 0 Å². The minimum atomic E-state index is -0.0796. The van der Waals surface area contributed by atoms with Gasteiger partial charge in [-0.2, -0.15) is 0 Å². The molecule has 2 aliphatic rings. The van der Waals surface area contributed by atoms with E-state index < -0.39 is 0 Å². The molecule has 0 N–H and O–H groups in total. The molecule has 0 atom stereocenters. The number of piperazine rings is 1. The van der Waals surface area contributed by atoms with Crippen molar-refractivity contribution < 1.29 is 9.53 Å². The number of carbonyl (C=O) groups excluding carboxylic acids is 1. The maximum atomic E-state index is 12.4. The second-order valence-corrected chi connectivity index (χ2v) is 8.02. The number of rotatable bonds is 10. The summed E-state index contributed by atoms with van der Waals surface area (Å²) in [4.78, 5) is 19.4. The molecular weight excluding hydrogens is 362 g/mol. The summed E-state index contributed by atoms with van der Waals surface area (Å²) in [6.45, 7) is 12.9. The molecule has 1 amide bonds. The number of nitrogens with zero attached hydrogens (tertiary/aromatic N) is 3. The third-order valence-corrected chi connectivity index (χ3v) is 5.84. The van der Waals surface area contributed by atoms with Gasteiger partial charge in [0.05, 0.1) is 0 Å². The molecule has 27 heavy (non-hydrogen) atoms. The Kier molecular flexibility index (Phi) is 13.1. The van der Waals surface area contributed by atoms with Gasteiger partial charge >= 0.3 is 6.09 Å². The summed E-state index contributed by atoms with van der Waals surface area (Å²) in [7, 11) is 0. The molecule has 0 aromatic carbocycles. The molecule has 6 heteroatoms. The molecule has 2 fully saturated rings. The van der Waals surface area contributed by atoms with Crippen LogP contribution in [-0.2, 0) is 4.74 Å². The number of carbonyl (C=O) groups is 1. The van der Waals surface area contributed by atoms with Crippen LogP contribution >= 0.6 is 12.4 Å². The third-order valence-electron chi connectivity index (χ3n) is 5.84. The number of halogens is 1. The molecule has 0 spiro atoms. The van der Waals surface area contributed by atoms with Crippen molar-refractivity contribution in [1.29, 1.82) is 0 Å². The lowest BCUT2D eigenvalue weighted by Gasteiger charge is -2.36. The lowest BCUT2D eigenvalue weighted by Crippen LogP contribution is -2.51. The summed E-state index contributed by atoms with van der Waals surface area (Å²) in [5.41, 5.74) is 0. The first kappa shape index (κ1) is 24.5. The second kappa shape index (κ2) is 14.5. The van der Waals surface area contributed by atoms with Crippen molar-refractivity contribution in [2.24, 2.45) is 0 Å². The van der Waals surface area contributed by atoms with Gasteiger partial charge in [0.15, 0.2) is 0 Å². The first-order valence-electron chi connectivity index (χ1n) is 11.1. The molecule has 1 saturated carbocycles. The largest absolute Gasteiger partial charge is 0.446 e. The van der Waals surface area contributed by atoms with Crippen LogP contribution in [0.25, 0.3) is 0 Å². The molecular formula is C21H42ClN3O2. The first-order chi connectivity index (χ1) is 12.7. The number of hydrogen-bond acceptors (Lipinski definition) is 4. The monoisotopic (exact) mass is 403 g/mol. The Balaban J connectivity index is 0.00000364. The van der Waals surface area contributed by atoms with E-state index in [4.69, 9.17) is 4.74 Å². The van der Waals surface area contributed by atoms with Crippen LogP contribution in [-0.4, -0.2) is 79.3 Å². The third kappa shape index (κ3) is 9.49. The molecule has 0 aromatic heterocycles. The highest BCUT2D eigenvalue weighted by molar-refractivity contribution is 5.85. The topological polar surface area (TPSA) is 36.0 Å². The standard InChI is InChI=1S/C21H41N3O2.ClH/c1-3-5-12-22(13-6-4-2)14-15-23-16-18-24(19-17-23)21(25)26-20-10-8-7-9-11-20;/h20H,3-19H2,1-2H3;1H. The summed E-state index contributed by atoms with van der Waals surface area (Å²) in [5, 5.41) is 0. The summed E-state index contributed by atoms with van der Waals surface area (Å²) in [6.07, 6.45) is 11.0. The Labute approximate surface area is 173 Å². The minimum Gasteiger partial charge on any atom is -0.446 e. The van der Waals surface area contributed by atoms with Crippen LogP contribution in [0.1, 0.15) is 71.6 Å². The number of hydrogen-bond donors (Lipinski definition) is 0. The predicted octanol–water partition coefficient (Wildman–Crippen LogP) is 4.40. The summed E-state index contributed by atoms with van der Waals surface area (Å²) < 4.78 is 5.71. The zero-order valence-electron chi connectivity index (χ0n) is 17.7. The number of ether oxygens (including phenoxy) is 1. The van der Waals surface area contributed by atoms with Crippen LogP contribution in [0.15, 0.2) is 0 Å². The van der Waals surface area contributed by atoms with Gasteiger partial charge in [-0.05, 0) is 51.6 Å². The van der Waals surface area contributed by atoms with Crippen LogP contribution in [0, 0.1) is 0 Å². The Morgan fingerprint density at radius 3 is 2.07 bits per heavy atom. The lowest BCUT2D eigenvalue weighted by atomic mass is 9.98. The van der Waals surface area contributed by atoms with Gasteiger partial charge in [0.2, 0.25) is 0 Å². The molecule has 1 heterocycles. The van der Waals surface area contributed by atoms with Gasteiger partial charge in [0.1, 0.15) is 6.10 Å². The van der Waals surface area contributed by atoms with E-state index in [9.17, 15) is 4.79 Å². The van der Waals surface area contributed by atoms with Crippen molar-refractivity contribution in [3.05, 3.63) is 0 Å². The van der Waals surface area contributed by atoms with E-state index in [0.717, 1.165) is 52.1 Å². The van der Waals surface area contributed by atoms with Crippen molar-refractivity contribution >= 4 is 18.5 Å². The molecule has 0 aromatic rings. The highest BCUT2D eigenvalue weighted by Gasteiger charge is 2.25. The molecule has 5 nitrogen and oxygen atoms in total. The van der Waals surface area contributed by atoms with Crippen LogP contribution in [0.2, 0.25) is 0 Å².